The number of hydrogen-bond acceptors (Lipinski definition) is 4. The zero-order chi connectivity index (χ0) is 62.6. The van der Waals surface area contributed by atoms with Crippen LogP contribution in [0.15, 0.2) is 72.8 Å². The highest BCUT2D eigenvalue weighted by atomic mass is 35.6. The zero-order valence-corrected chi connectivity index (χ0v) is 56.0. The Morgan fingerprint density at radius 2 is 0.534 bits per heavy atom. The summed E-state index contributed by atoms with van der Waals surface area (Å²) in [6, 6.07) is 74.6. The van der Waals surface area contributed by atoms with E-state index >= 15 is 0 Å². The molecule has 88 heavy (non-hydrogen) atoms. The fraction of sp³-hybridized carbons (Fsp3) is 0.506. The van der Waals surface area contributed by atoms with E-state index in [1.807, 2.05) is 72.8 Å². The van der Waals surface area contributed by atoms with E-state index in [1.165, 1.54) is 154 Å². The molecule has 0 N–H and O–H groups in total. The third-order valence-electron chi connectivity index (χ3n) is 14.8. The van der Waals surface area contributed by atoms with Crippen LogP contribution in [-0.2, 0) is 0 Å². The summed E-state index contributed by atoms with van der Waals surface area (Å²) in [4.78, 5) is 0. The molecule has 0 saturated carbocycles. The van der Waals surface area contributed by atoms with Gasteiger partial charge >= 0.3 is 0 Å². The van der Waals surface area contributed by atoms with E-state index in [-0.39, 0.29) is 0 Å². The van der Waals surface area contributed by atoms with Crippen LogP contribution in [0.1, 0.15) is 233 Å². The Labute approximate surface area is 550 Å². The smallest absolute Gasteiger partial charge is 0.180 e. The molecule has 0 unspecified atom stereocenters. The van der Waals surface area contributed by atoms with Gasteiger partial charge in [-0.2, -0.15) is 0 Å². The van der Waals surface area contributed by atoms with Gasteiger partial charge in [-0.05, 0) is 159 Å². The Morgan fingerprint density at radius 3 is 0.864 bits per heavy atom. The fourth-order valence-corrected chi connectivity index (χ4v) is 9.80. The fourth-order valence-electron chi connectivity index (χ4n) is 9.80. The first-order valence-electron chi connectivity index (χ1n) is 33.4. The number of rotatable bonds is 40. The number of fused-ring (bicyclic) bond motifs is 6. The average Bonchev–Trinajstić information content (AvgIpc) is 3.52. The lowest BCUT2D eigenvalue weighted by Crippen LogP contribution is -1.97. The number of alkyl halides is 3. The summed E-state index contributed by atoms with van der Waals surface area (Å²) in [5.41, 5.74) is 0. The van der Waals surface area contributed by atoms with Crippen LogP contribution in [-0.4, -0.2) is 30.7 Å². The van der Waals surface area contributed by atoms with Crippen LogP contribution in [0.3, 0.4) is 0 Å². The van der Waals surface area contributed by atoms with Gasteiger partial charge in [0.05, 0.1) is 37.2 Å². The minimum atomic E-state index is -0.750. The molecule has 0 aromatic heterocycles. The number of hydrogen-bond donors (Lipinski definition) is 0. The molecule has 4 nitrogen and oxygen atoms in total. The third-order valence-corrected chi connectivity index (χ3v) is 14.8. The summed E-state index contributed by atoms with van der Waals surface area (Å²) in [6.07, 6.45) is 39.5. The van der Waals surface area contributed by atoms with Crippen molar-refractivity contribution >= 4 is 77.9 Å². The topological polar surface area (TPSA) is 36.9 Å². The van der Waals surface area contributed by atoms with E-state index in [9.17, 15) is 0 Å². The molecule has 4 bridgehead atoms. The van der Waals surface area contributed by atoms with E-state index in [2.05, 4.69) is 125 Å². The summed E-state index contributed by atoms with van der Waals surface area (Å²) in [7, 11) is 0. The van der Waals surface area contributed by atoms with Crippen molar-refractivity contribution in [3.63, 3.8) is 0 Å². The molecular formula is C81H97Cl3O4. The van der Waals surface area contributed by atoms with E-state index < -0.39 is 4.30 Å². The van der Waals surface area contributed by atoms with Crippen LogP contribution in [0, 0.1) is 97.1 Å². The second-order valence-corrected chi connectivity index (χ2v) is 24.4. The van der Waals surface area contributed by atoms with Gasteiger partial charge in [0.15, 0.2) is 4.30 Å². The molecule has 0 amide bonds. The number of benzene rings is 4. The second-order valence-electron chi connectivity index (χ2n) is 22.4. The molecule has 0 spiro atoms. The second kappa shape index (κ2) is 50.3. The molecule has 0 aliphatic carbocycles. The molecule has 0 saturated heterocycles. The van der Waals surface area contributed by atoms with E-state index in [4.69, 9.17) is 53.8 Å². The summed E-state index contributed by atoms with van der Waals surface area (Å²) < 4.78 is 24.7. The van der Waals surface area contributed by atoms with Gasteiger partial charge in [-0.1, -0.05) is 279 Å². The van der Waals surface area contributed by atoms with Crippen molar-refractivity contribution in [3.05, 3.63) is 170 Å². The Hall–Kier alpha value is -6.57. The predicted octanol–water partition coefficient (Wildman–Crippen LogP) is 24.2. The van der Waals surface area contributed by atoms with Gasteiger partial charge in [0.25, 0.3) is 0 Å². The van der Waals surface area contributed by atoms with E-state index in [1.54, 1.807) is 0 Å². The van der Waals surface area contributed by atoms with Crippen molar-refractivity contribution in [3.8, 4) is 23.0 Å². The van der Waals surface area contributed by atoms with E-state index in [0.29, 0.717) is 26.4 Å². The molecule has 0 radical (unpaired) electrons. The van der Waals surface area contributed by atoms with Crippen molar-refractivity contribution in [2.45, 2.75) is 237 Å². The standard InChI is InChI=1S/C80H96O4.CHCl3/c1-5-9-13-17-21-27-33-41-61-81-77-57-55-71-53-49-69-51-59-79(83-63-43-35-29-23-19-15-11-7-3)75(65-69)47-39-40-48-76-66-70(52-60-80(76)84-64-44-36-30-24-20-16-12-8-4)50-54-72-56-58-78(82-62-42-34-28-22-18-14-10-6-2)68-74(72)46-38-32-26-25-31-37-45-73(71)67-77;2-1(3)4/h51-52,55-60,65-68H,5-24,27-30,33-36,41-44,61-64H2,1-4H3;1H. The summed E-state index contributed by atoms with van der Waals surface area (Å²) in [6.45, 7) is 11.6. The molecular weight excluding hydrogens is 1140 g/mol. The van der Waals surface area contributed by atoms with Crippen LogP contribution in [0.25, 0.3) is 43.1 Å². The zero-order valence-electron chi connectivity index (χ0n) is 53.7. The van der Waals surface area contributed by atoms with Crippen molar-refractivity contribution in [2.24, 2.45) is 0 Å². The Kier molecular flexibility index (Phi) is 42.2. The lowest BCUT2D eigenvalue weighted by atomic mass is 10.1. The van der Waals surface area contributed by atoms with Crippen LogP contribution >= 0.6 is 34.8 Å². The Balaban J connectivity index is 0.00000401. The number of halogens is 3. The first-order valence-corrected chi connectivity index (χ1v) is 34.7. The molecule has 5 aromatic rings. The lowest BCUT2D eigenvalue weighted by Gasteiger charge is -2.07. The Bertz CT molecular complexity index is 2720. The SMILES string of the molecule is CCCCCCCCCCOc1ccc2c#cc3ccc(OCCCCCCCCCC)c(c#cc#cc4cc(c#cc5ccc(OCCCCCCCCCC)cc5c#cc#cc#cc#cc2c1)ccc4OCCCCCCCCCC)c3.ClC(Cl)Cl. The average molecular weight is 1240 g/mol. The maximum absolute atomic E-state index is 6.45. The maximum atomic E-state index is 6.45. The van der Waals surface area contributed by atoms with Gasteiger partial charge in [-0.25, -0.2) is 0 Å². The van der Waals surface area contributed by atoms with Crippen molar-refractivity contribution < 1.29 is 18.9 Å². The highest BCUT2D eigenvalue weighted by Crippen LogP contribution is 2.24. The first-order chi connectivity index (χ1) is 43.3. The van der Waals surface area contributed by atoms with Gasteiger partial charge < -0.3 is 18.9 Å². The minimum absolute atomic E-state index is 0.614. The van der Waals surface area contributed by atoms with Gasteiger partial charge in [0, 0.05) is 32.3 Å². The Morgan fingerprint density at radius 1 is 0.261 bits per heavy atom. The molecule has 0 atom stereocenters. The van der Waals surface area contributed by atoms with Crippen LogP contribution in [0.4, 0.5) is 0 Å². The van der Waals surface area contributed by atoms with Crippen LogP contribution < -0.4 is 18.9 Å². The highest BCUT2D eigenvalue weighted by Gasteiger charge is 2.04. The van der Waals surface area contributed by atoms with Crippen molar-refractivity contribution in [2.75, 3.05) is 26.4 Å². The largest absolute Gasteiger partial charge is 0.494 e. The van der Waals surface area contributed by atoms with Gasteiger partial charge in [-0.15, -0.1) is 0 Å². The summed E-state index contributed by atoms with van der Waals surface area (Å²) in [5, 5.41) is 6.03. The summed E-state index contributed by atoms with van der Waals surface area (Å²) >= 11 is 14.4. The van der Waals surface area contributed by atoms with Crippen LogP contribution in [0.5, 0.6) is 23.0 Å². The minimum Gasteiger partial charge on any atom is -0.494 e. The molecule has 5 rings (SSSR count). The molecule has 0 aliphatic rings. The van der Waals surface area contributed by atoms with Crippen molar-refractivity contribution in [1.29, 1.82) is 0 Å². The maximum Gasteiger partial charge on any atom is 0.180 e. The molecule has 466 valence electrons. The number of unbranched alkanes of at least 4 members (excludes halogenated alkanes) is 28. The monoisotopic (exact) mass is 1240 g/mol. The molecule has 0 aliphatic heterocycles. The quantitative estimate of drug-likeness (QED) is 0.0289. The first kappa shape index (κ1) is 73.9. The predicted molar refractivity (Wildman–Crippen MR) is 371 cm³/mol. The van der Waals surface area contributed by atoms with Gasteiger partial charge in [-0.3, -0.25) is 0 Å². The third kappa shape index (κ3) is 35.4. The normalized spacial score (nSPS) is 10.1. The van der Waals surface area contributed by atoms with Gasteiger partial charge in [0.2, 0.25) is 0 Å². The molecule has 5 aromatic carbocycles. The molecule has 7 heteroatoms. The lowest BCUT2D eigenvalue weighted by molar-refractivity contribution is 0.304. The summed E-state index contributed by atoms with van der Waals surface area (Å²) in [5.74, 6) is 2.95. The number of ether oxygens (including phenoxy) is 4. The van der Waals surface area contributed by atoms with Crippen LogP contribution in [0.2, 0.25) is 0 Å². The molecule has 0 fully saturated rings. The van der Waals surface area contributed by atoms with Crippen molar-refractivity contribution in [1.82, 2.24) is 0 Å². The van der Waals surface area contributed by atoms with Gasteiger partial charge in [0.1, 0.15) is 23.0 Å². The van der Waals surface area contributed by atoms with E-state index in [0.717, 1.165) is 117 Å². The highest BCUT2D eigenvalue weighted by molar-refractivity contribution is 6.63. The molecule has 0 heterocycles.